The Kier molecular flexibility index (Phi) is 4.55. The van der Waals surface area contributed by atoms with Crippen molar-refractivity contribution in [1.29, 1.82) is 5.26 Å². The molecule has 0 spiro atoms. The van der Waals surface area contributed by atoms with Crippen LogP contribution in [0.3, 0.4) is 0 Å². The van der Waals surface area contributed by atoms with Gasteiger partial charge in [0.05, 0.1) is 23.6 Å². The van der Waals surface area contributed by atoms with E-state index in [0.717, 1.165) is 6.42 Å². The summed E-state index contributed by atoms with van der Waals surface area (Å²) in [4.78, 5) is 26.5. The van der Waals surface area contributed by atoms with Crippen LogP contribution in [-0.2, 0) is 11.3 Å². The van der Waals surface area contributed by atoms with Crippen LogP contribution in [0.4, 0.5) is 0 Å². The van der Waals surface area contributed by atoms with E-state index in [2.05, 4.69) is 4.98 Å². The summed E-state index contributed by atoms with van der Waals surface area (Å²) in [6, 6.07) is 4.78. The summed E-state index contributed by atoms with van der Waals surface area (Å²) < 4.78 is 7.09. The predicted molar refractivity (Wildman–Crippen MR) is 79.2 cm³/mol. The van der Waals surface area contributed by atoms with Crippen LogP contribution in [0.2, 0.25) is 0 Å². The number of pyridine rings is 2. The lowest BCUT2D eigenvalue weighted by Crippen LogP contribution is -2.27. The van der Waals surface area contributed by atoms with Crippen molar-refractivity contribution in [3.05, 3.63) is 44.6 Å². The highest BCUT2D eigenvalue weighted by molar-refractivity contribution is 5.78. The first-order valence-electron chi connectivity index (χ1n) is 6.85. The van der Waals surface area contributed by atoms with Crippen molar-refractivity contribution in [3.63, 3.8) is 0 Å². The van der Waals surface area contributed by atoms with Crippen molar-refractivity contribution in [1.82, 2.24) is 9.55 Å². The third-order valence-electron chi connectivity index (χ3n) is 3.16. The molecule has 6 heteroatoms. The van der Waals surface area contributed by atoms with Crippen molar-refractivity contribution in [2.45, 2.75) is 32.9 Å². The molecule has 0 saturated carbocycles. The lowest BCUT2D eigenvalue weighted by molar-refractivity contribution is 0.0542. The summed E-state index contributed by atoms with van der Waals surface area (Å²) in [6.45, 7) is 5.00. The molecule has 2 aromatic heterocycles. The van der Waals surface area contributed by atoms with Gasteiger partial charge in [0.25, 0.3) is 11.1 Å². The van der Waals surface area contributed by atoms with Crippen LogP contribution in [-0.4, -0.2) is 22.3 Å². The second kappa shape index (κ2) is 6.37. The Labute approximate surface area is 121 Å². The topological polar surface area (TPSA) is 87.9 Å². The highest BCUT2D eigenvalue weighted by atomic mass is 16.5. The van der Waals surface area contributed by atoms with Gasteiger partial charge in [-0.2, -0.15) is 5.26 Å². The van der Waals surface area contributed by atoms with Crippen LogP contribution in [0.1, 0.15) is 25.8 Å². The summed E-state index contributed by atoms with van der Waals surface area (Å²) in [5.74, 6) is 0. The monoisotopic (exact) mass is 287 g/mol. The van der Waals surface area contributed by atoms with Gasteiger partial charge in [0, 0.05) is 12.8 Å². The molecule has 21 heavy (non-hydrogen) atoms. The van der Waals surface area contributed by atoms with Gasteiger partial charge in [-0.05, 0) is 25.5 Å². The molecular formula is C15H17N3O3. The molecule has 110 valence electrons. The van der Waals surface area contributed by atoms with E-state index in [1.165, 1.54) is 10.6 Å². The lowest BCUT2D eigenvalue weighted by atomic mass is 10.2. The summed E-state index contributed by atoms with van der Waals surface area (Å²) in [6.07, 6.45) is 2.46. The molecule has 2 heterocycles. The normalized spacial score (nSPS) is 12.2. The smallest absolute Gasteiger partial charge is 0.266 e. The van der Waals surface area contributed by atoms with Crippen molar-refractivity contribution in [2.75, 3.05) is 6.61 Å². The highest BCUT2D eigenvalue weighted by Gasteiger charge is 2.09. The fourth-order valence-electron chi connectivity index (χ4n) is 2.12. The van der Waals surface area contributed by atoms with E-state index in [9.17, 15) is 9.59 Å². The number of ether oxygens (including phenoxy) is 1. The van der Waals surface area contributed by atoms with E-state index < -0.39 is 5.56 Å². The van der Waals surface area contributed by atoms with Crippen molar-refractivity contribution < 1.29 is 4.74 Å². The fraction of sp³-hybridized carbons (Fsp3) is 0.400. The molecule has 0 aliphatic carbocycles. The Morgan fingerprint density at radius 1 is 1.48 bits per heavy atom. The molecule has 0 radical (unpaired) electrons. The van der Waals surface area contributed by atoms with Crippen LogP contribution < -0.4 is 11.1 Å². The van der Waals surface area contributed by atoms with Gasteiger partial charge in [0.1, 0.15) is 11.6 Å². The quantitative estimate of drug-likeness (QED) is 0.899. The van der Waals surface area contributed by atoms with E-state index in [1.54, 1.807) is 18.3 Å². The Morgan fingerprint density at radius 2 is 2.24 bits per heavy atom. The molecule has 0 aliphatic heterocycles. The molecule has 1 unspecified atom stereocenters. The number of aromatic amines is 1. The molecule has 0 saturated heterocycles. The van der Waals surface area contributed by atoms with Crippen LogP contribution in [0.15, 0.2) is 27.9 Å². The second-order valence-electron chi connectivity index (χ2n) is 4.91. The van der Waals surface area contributed by atoms with Gasteiger partial charge in [-0.15, -0.1) is 0 Å². The van der Waals surface area contributed by atoms with Crippen molar-refractivity contribution in [3.8, 4) is 6.07 Å². The van der Waals surface area contributed by atoms with E-state index in [-0.39, 0.29) is 17.2 Å². The Balaban J connectivity index is 2.42. The third-order valence-corrected chi connectivity index (χ3v) is 3.16. The van der Waals surface area contributed by atoms with Gasteiger partial charge in [-0.1, -0.05) is 6.92 Å². The summed E-state index contributed by atoms with van der Waals surface area (Å²) in [5.41, 5.74) is -0.357. The maximum absolute atomic E-state index is 12.4. The van der Waals surface area contributed by atoms with Gasteiger partial charge >= 0.3 is 0 Å². The van der Waals surface area contributed by atoms with Crippen LogP contribution in [0, 0.1) is 11.3 Å². The lowest BCUT2D eigenvalue weighted by Gasteiger charge is -2.14. The number of nitrogens with zero attached hydrogens (tertiary/aromatic N) is 2. The molecule has 1 atom stereocenters. The van der Waals surface area contributed by atoms with Gasteiger partial charge in [0.2, 0.25) is 0 Å². The zero-order chi connectivity index (χ0) is 15.4. The van der Waals surface area contributed by atoms with Crippen molar-refractivity contribution in [2.24, 2.45) is 0 Å². The van der Waals surface area contributed by atoms with Crippen LogP contribution in [0.25, 0.3) is 10.9 Å². The number of hydrogen-bond acceptors (Lipinski definition) is 4. The predicted octanol–water partition coefficient (Wildman–Crippen LogP) is 1.38. The maximum Gasteiger partial charge on any atom is 0.266 e. The Bertz CT molecular complexity index is 798. The standard InChI is InChI=1S/C15H17N3O3/c1-3-6-21-10(2)9-18-5-4-13-12(15(18)20)7-11(8-16)14(19)17-13/h4-5,7,10H,3,6,9H2,1-2H3,(H,17,19). The number of rotatable bonds is 5. The van der Waals surface area contributed by atoms with E-state index in [1.807, 2.05) is 13.8 Å². The number of H-pyrrole nitrogens is 1. The molecule has 2 rings (SSSR count). The van der Waals surface area contributed by atoms with E-state index in [0.29, 0.717) is 24.1 Å². The molecule has 0 fully saturated rings. The Morgan fingerprint density at radius 3 is 2.90 bits per heavy atom. The maximum atomic E-state index is 12.4. The third kappa shape index (κ3) is 3.20. The SMILES string of the molecule is CCCOC(C)Cn1ccc2[nH]c(=O)c(C#N)cc2c1=O. The first-order chi connectivity index (χ1) is 10.1. The van der Waals surface area contributed by atoms with Crippen molar-refractivity contribution >= 4 is 10.9 Å². The first kappa shape index (κ1) is 15.0. The van der Waals surface area contributed by atoms with Crippen LogP contribution >= 0.6 is 0 Å². The number of nitrogens with one attached hydrogen (secondary N) is 1. The van der Waals surface area contributed by atoms with E-state index >= 15 is 0 Å². The Hall–Kier alpha value is -2.39. The minimum Gasteiger partial charge on any atom is -0.377 e. The summed E-state index contributed by atoms with van der Waals surface area (Å²) in [7, 11) is 0. The van der Waals surface area contributed by atoms with Gasteiger partial charge < -0.3 is 14.3 Å². The van der Waals surface area contributed by atoms with Crippen LogP contribution in [0.5, 0.6) is 0 Å². The first-order valence-corrected chi connectivity index (χ1v) is 6.85. The minimum atomic E-state index is -0.484. The zero-order valence-electron chi connectivity index (χ0n) is 12.0. The summed E-state index contributed by atoms with van der Waals surface area (Å²) >= 11 is 0. The average Bonchev–Trinajstić information content (AvgIpc) is 2.47. The zero-order valence-corrected chi connectivity index (χ0v) is 12.0. The number of hydrogen-bond donors (Lipinski definition) is 1. The second-order valence-corrected chi connectivity index (χ2v) is 4.91. The molecule has 1 N–H and O–H groups in total. The molecule has 0 aliphatic rings. The average molecular weight is 287 g/mol. The minimum absolute atomic E-state index is 0.0624. The number of nitriles is 1. The largest absolute Gasteiger partial charge is 0.377 e. The highest BCUT2D eigenvalue weighted by Crippen LogP contribution is 2.06. The summed E-state index contributed by atoms with van der Waals surface area (Å²) in [5, 5.41) is 9.21. The van der Waals surface area contributed by atoms with Gasteiger partial charge in [0.15, 0.2) is 0 Å². The molecule has 0 amide bonds. The molecule has 2 aromatic rings. The number of fused-ring (bicyclic) bond motifs is 1. The molecular weight excluding hydrogens is 270 g/mol. The molecule has 0 aromatic carbocycles. The van der Waals surface area contributed by atoms with Gasteiger partial charge in [-0.25, -0.2) is 0 Å². The van der Waals surface area contributed by atoms with Gasteiger partial charge in [-0.3, -0.25) is 9.59 Å². The van der Waals surface area contributed by atoms with E-state index in [4.69, 9.17) is 10.00 Å². The fourth-order valence-corrected chi connectivity index (χ4v) is 2.12. The molecule has 0 bridgehead atoms. The number of aromatic nitrogens is 2. The molecule has 6 nitrogen and oxygen atoms in total.